The molecule has 0 N–H and O–H groups in total. The van der Waals surface area contributed by atoms with Crippen LogP contribution in [0.15, 0.2) is 212 Å². The van der Waals surface area contributed by atoms with Crippen LogP contribution in [0.25, 0.3) is 120 Å². The topological polar surface area (TPSA) is 48.5 Å². The number of fused-ring (bicyclic) bond motifs is 10. The maximum absolute atomic E-state index is 5.48. The van der Waals surface area contributed by atoms with Gasteiger partial charge in [-0.1, -0.05) is 170 Å². The van der Waals surface area contributed by atoms with Crippen molar-refractivity contribution in [3.05, 3.63) is 212 Å². The zero-order valence-corrected chi connectivity index (χ0v) is 34.7. The molecule has 0 aliphatic rings. The van der Waals surface area contributed by atoms with E-state index >= 15 is 0 Å². The Morgan fingerprint density at radius 3 is 1.60 bits per heavy atom. The molecule has 0 bridgehead atoms. The van der Waals surface area contributed by atoms with Gasteiger partial charge < -0.3 is 4.57 Å². The lowest BCUT2D eigenvalue weighted by atomic mass is 9.99. The van der Waals surface area contributed by atoms with Crippen LogP contribution < -0.4 is 0 Å². The quantitative estimate of drug-likeness (QED) is 0.168. The lowest BCUT2D eigenvalue weighted by Crippen LogP contribution is -2.07. The molecule has 294 valence electrons. The minimum Gasteiger partial charge on any atom is -0.307 e. The summed E-state index contributed by atoms with van der Waals surface area (Å²) in [4.78, 5) is 16.1. The minimum absolute atomic E-state index is 0.568. The van der Waals surface area contributed by atoms with Crippen LogP contribution in [-0.2, 0) is 0 Å². The largest absolute Gasteiger partial charge is 0.307 e. The van der Waals surface area contributed by atoms with Crippen molar-refractivity contribution in [2.24, 2.45) is 0 Å². The van der Waals surface area contributed by atoms with E-state index in [0.717, 1.165) is 70.9 Å². The third kappa shape index (κ3) is 5.66. The summed E-state index contributed by atoms with van der Waals surface area (Å²) in [5.74, 6) is 1.83. The van der Waals surface area contributed by atoms with E-state index in [1.807, 2.05) is 18.2 Å². The van der Waals surface area contributed by atoms with Crippen molar-refractivity contribution in [3.8, 4) is 56.7 Å². The smallest absolute Gasteiger partial charge is 0.238 e. The van der Waals surface area contributed by atoms with Crippen molar-refractivity contribution in [3.63, 3.8) is 0 Å². The highest BCUT2D eigenvalue weighted by Gasteiger charge is 2.24. The summed E-state index contributed by atoms with van der Waals surface area (Å²) < 4.78 is 7.11. The maximum atomic E-state index is 5.48. The van der Waals surface area contributed by atoms with Crippen LogP contribution in [0.3, 0.4) is 0 Å². The first-order valence-electron chi connectivity index (χ1n) is 21.2. The second-order valence-corrected chi connectivity index (χ2v) is 17.0. The van der Waals surface area contributed by atoms with Gasteiger partial charge in [-0.25, -0.2) is 4.98 Å². The second kappa shape index (κ2) is 14.2. The number of nitrogens with zero attached hydrogens (tertiary/aromatic N) is 5. The van der Waals surface area contributed by atoms with Crippen molar-refractivity contribution < 1.29 is 0 Å². The summed E-state index contributed by atoms with van der Waals surface area (Å²) in [6.07, 6.45) is 0. The fourth-order valence-corrected chi connectivity index (χ4v) is 10.7. The third-order valence-corrected chi connectivity index (χ3v) is 13.6. The van der Waals surface area contributed by atoms with Gasteiger partial charge in [0.05, 0.1) is 22.1 Å². The molecule has 0 atom stereocenters. The SMILES string of the molecule is c1ccc(-c2cccc(-c3cccc(-n4c5ccccc5c5ccc6c7ccccc7n(-c7nc(-c8ccccc8)nc(-c8cccc9c8sc8ccccc89)n7)c6c54)c3)c2)cc1. The maximum Gasteiger partial charge on any atom is 0.238 e. The molecule has 0 radical (unpaired) electrons. The average molecular weight is 822 g/mol. The van der Waals surface area contributed by atoms with Gasteiger partial charge in [0.25, 0.3) is 0 Å². The Labute approximate surface area is 366 Å². The molecule has 0 unspecified atom stereocenters. The van der Waals surface area contributed by atoms with Crippen LogP contribution >= 0.6 is 11.3 Å². The summed E-state index contributed by atoms with van der Waals surface area (Å²) in [5, 5.41) is 7.04. The Hall–Kier alpha value is -8.19. The van der Waals surface area contributed by atoms with Crippen LogP contribution in [0.4, 0.5) is 0 Å². The Morgan fingerprint density at radius 2 is 0.857 bits per heavy atom. The number of rotatable bonds is 6. The van der Waals surface area contributed by atoms with E-state index in [9.17, 15) is 0 Å². The van der Waals surface area contributed by atoms with Crippen molar-refractivity contribution in [1.82, 2.24) is 24.1 Å². The van der Waals surface area contributed by atoms with Crippen molar-refractivity contribution in [1.29, 1.82) is 0 Å². The Kier molecular flexibility index (Phi) is 8.01. The molecule has 4 aromatic heterocycles. The zero-order chi connectivity index (χ0) is 41.4. The first-order chi connectivity index (χ1) is 31.2. The van der Waals surface area contributed by atoms with Gasteiger partial charge in [0, 0.05) is 58.5 Å². The molecule has 5 nitrogen and oxygen atoms in total. The number of thiophene rings is 1. The predicted molar refractivity (Wildman–Crippen MR) is 263 cm³/mol. The molecule has 13 aromatic rings. The molecule has 0 saturated heterocycles. The van der Waals surface area contributed by atoms with Crippen molar-refractivity contribution in [2.45, 2.75) is 0 Å². The summed E-state index contributed by atoms with van der Waals surface area (Å²) in [7, 11) is 0. The molecule has 0 amide bonds. The Balaban J connectivity index is 1.11. The highest BCUT2D eigenvalue weighted by atomic mass is 32.1. The standard InChI is InChI=1S/C57H35N5S/c1-3-16-36(17-4-1)38-20-13-21-39(34-38)40-22-14-23-41(35-40)61-49-29-10-7-24-42(49)45-32-33-46-43-25-8-11-30-50(43)62(53(46)52(45)61)57-59-55(37-18-5-2-6-19-37)58-56(60-57)48-28-15-27-47-44-26-9-12-31-51(44)63-54(47)48/h1-35H. The van der Waals surface area contributed by atoms with Gasteiger partial charge in [-0.2, -0.15) is 9.97 Å². The van der Waals surface area contributed by atoms with Crippen LogP contribution in [0.5, 0.6) is 0 Å². The Bertz CT molecular complexity index is 3920. The first kappa shape index (κ1) is 35.6. The molecule has 6 heteroatoms. The highest BCUT2D eigenvalue weighted by molar-refractivity contribution is 7.26. The van der Waals surface area contributed by atoms with Gasteiger partial charge in [0.15, 0.2) is 11.6 Å². The van der Waals surface area contributed by atoms with Gasteiger partial charge >= 0.3 is 0 Å². The lowest BCUT2D eigenvalue weighted by Gasteiger charge is -2.14. The molecule has 63 heavy (non-hydrogen) atoms. The molecular weight excluding hydrogens is 787 g/mol. The number of hydrogen-bond acceptors (Lipinski definition) is 4. The number of para-hydroxylation sites is 2. The van der Waals surface area contributed by atoms with Crippen LogP contribution in [-0.4, -0.2) is 24.1 Å². The van der Waals surface area contributed by atoms with E-state index in [4.69, 9.17) is 15.0 Å². The third-order valence-electron chi connectivity index (χ3n) is 12.4. The van der Waals surface area contributed by atoms with Gasteiger partial charge in [-0.05, 0) is 64.7 Å². The second-order valence-electron chi connectivity index (χ2n) is 16.0. The fourth-order valence-electron chi connectivity index (χ4n) is 9.53. The van der Waals surface area contributed by atoms with Gasteiger partial charge in [0.2, 0.25) is 5.95 Å². The molecule has 0 saturated carbocycles. The van der Waals surface area contributed by atoms with E-state index in [1.165, 1.54) is 32.0 Å². The summed E-state index contributed by atoms with van der Waals surface area (Å²) >= 11 is 1.79. The highest BCUT2D eigenvalue weighted by Crippen LogP contribution is 2.43. The van der Waals surface area contributed by atoms with E-state index in [1.54, 1.807) is 11.3 Å². The molecular formula is C57H35N5S. The summed E-state index contributed by atoms with van der Waals surface area (Å²) in [6, 6.07) is 75.6. The summed E-state index contributed by atoms with van der Waals surface area (Å²) in [6.45, 7) is 0. The molecule has 0 aliphatic heterocycles. The van der Waals surface area contributed by atoms with Gasteiger partial charge in [-0.15, -0.1) is 11.3 Å². The normalized spacial score (nSPS) is 11.8. The van der Waals surface area contributed by atoms with Crippen LogP contribution in [0.1, 0.15) is 0 Å². The first-order valence-corrected chi connectivity index (χ1v) is 22.0. The van der Waals surface area contributed by atoms with Crippen molar-refractivity contribution in [2.75, 3.05) is 0 Å². The van der Waals surface area contributed by atoms with E-state index in [2.05, 4.69) is 203 Å². The molecule has 0 fully saturated rings. The van der Waals surface area contributed by atoms with E-state index < -0.39 is 0 Å². The van der Waals surface area contributed by atoms with Crippen LogP contribution in [0.2, 0.25) is 0 Å². The monoisotopic (exact) mass is 821 g/mol. The van der Waals surface area contributed by atoms with Crippen molar-refractivity contribution >= 4 is 75.1 Å². The fraction of sp³-hybridized carbons (Fsp3) is 0. The van der Waals surface area contributed by atoms with E-state index in [-0.39, 0.29) is 0 Å². The minimum atomic E-state index is 0.568. The van der Waals surface area contributed by atoms with E-state index in [0.29, 0.717) is 17.6 Å². The molecule has 0 spiro atoms. The lowest BCUT2D eigenvalue weighted by molar-refractivity contribution is 0.954. The number of benzene rings is 9. The van der Waals surface area contributed by atoms with Gasteiger partial charge in [-0.3, -0.25) is 4.57 Å². The van der Waals surface area contributed by atoms with Crippen LogP contribution in [0, 0.1) is 0 Å². The average Bonchev–Trinajstić information content (AvgIpc) is 4.03. The molecule has 0 aliphatic carbocycles. The van der Waals surface area contributed by atoms with Gasteiger partial charge in [0.1, 0.15) is 0 Å². The predicted octanol–water partition coefficient (Wildman–Crippen LogP) is 15.1. The summed E-state index contributed by atoms with van der Waals surface area (Å²) in [5.41, 5.74) is 12.0. The molecule has 13 rings (SSSR count). The zero-order valence-electron chi connectivity index (χ0n) is 33.9. The number of hydrogen-bond donors (Lipinski definition) is 0. The molecule has 9 aromatic carbocycles. The Morgan fingerprint density at radius 1 is 0.333 bits per heavy atom. The number of aromatic nitrogens is 5. The molecule has 4 heterocycles.